The van der Waals surface area contributed by atoms with E-state index >= 15 is 0 Å². The maximum Gasteiger partial charge on any atom is 0.129 e. The first-order valence-corrected chi connectivity index (χ1v) is 9.43. The van der Waals surface area contributed by atoms with Crippen molar-refractivity contribution < 1.29 is 0 Å². The second kappa shape index (κ2) is 5.68. The lowest BCUT2D eigenvalue weighted by atomic mass is 10.1. The highest BCUT2D eigenvalue weighted by Crippen LogP contribution is 2.39. The molecule has 122 valence electrons. The smallest absolute Gasteiger partial charge is 0.129 e. The van der Waals surface area contributed by atoms with Gasteiger partial charge in [-0.3, -0.25) is 0 Å². The van der Waals surface area contributed by atoms with Crippen LogP contribution in [0.15, 0.2) is 57.3 Å². The summed E-state index contributed by atoms with van der Waals surface area (Å²) in [7, 11) is 0. The zero-order valence-corrected chi connectivity index (χ0v) is 14.9. The number of aryl methyl sites for hydroxylation is 1. The third-order valence-electron chi connectivity index (χ3n) is 4.02. The largest absolute Gasteiger partial charge is 0.235 e. The zero-order chi connectivity index (χ0) is 16.8. The molecule has 3 aromatic heterocycles. The molecular weight excluding hydrogens is 352 g/mol. The SMILES string of the molecule is Cc1nn2ccsc2c1-c1nc(-c2ccccc2)c(C2=NN=NC2)s1. The number of nitrogens with zero attached hydrogens (tertiary/aromatic N) is 6. The maximum absolute atomic E-state index is 4.97. The second-order valence-corrected chi connectivity index (χ2v) is 7.51. The lowest BCUT2D eigenvalue weighted by Crippen LogP contribution is -2.00. The molecule has 0 saturated heterocycles. The Morgan fingerprint density at radius 2 is 2.04 bits per heavy atom. The Morgan fingerprint density at radius 1 is 1.16 bits per heavy atom. The fraction of sp³-hybridized carbons (Fsp3) is 0.118. The van der Waals surface area contributed by atoms with Crippen LogP contribution in [0.4, 0.5) is 0 Å². The highest BCUT2D eigenvalue weighted by Gasteiger charge is 2.23. The van der Waals surface area contributed by atoms with Gasteiger partial charge in [0, 0.05) is 17.1 Å². The van der Waals surface area contributed by atoms with Crippen LogP contribution in [0.2, 0.25) is 0 Å². The fourth-order valence-corrected chi connectivity index (χ4v) is 4.99. The van der Waals surface area contributed by atoms with Crippen molar-refractivity contribution in [3.8, 4) is 21.8 Å². The van der Waals surface area contributed by atoms with E-state index in [1.54, 1.807) is 22.7 Å². The van der Waals surface area contributed by atoms with Crippen molar-refractivity contribution >= 4 is 33.2 Å². The highest BCUT2D eigenvalue weighted by atomic mass is 32.1. The molecule has 0 bridgehead atoms. The van der Waals surface area contributed by atoms with Gasteiger partial charge in [-0.15, -0.1) is 27.8 Å². The molecule has 0 fully saturated rings. The Kier molecular flexibility index (Phi) is 3.32. The fourth-order valence-electron chi connectivity index (χ4n) is 2.89. The van der Waals surface area contributed by atoms with E-state index in [4.69, 9.17) is 4.98 Å². The quantitative estimate of drug-likeness (QED) is 0.530. The van der Waals surface area contributed by atoms with Crippen LogP contribution >= 0.6 is 22.7 Å². The van der Waals surface area contributed by atoms with Gasteiger partial charge in [-0.25, -0.2) is 9.50 Å². The van der Waals surface area contributed by atoms with Gasteiger partial charge < -0.3 is 0 Å². The van der Waals surface area contributed by atoms with Crippen LogP contribution in [0.5, 0.6) is 0 Å². The Hall–Kier alpha value is -2.71. The summed E-state index contributed by atoms with van der Waals surface area (Å²) in [5, 5.41) is 19.5. The van der Waals surface area contributed by atoms with Crippen LogP contribution in [0.25, 0.3) is 26.7 Å². The van der Waals surface area contributed by atoms with Gasteiger partial charge in [0.15, 0.2) is 0 Å². The summed E-state index contributed by atoms with van der Waals surface area (Å²) in [5.74, 6) is 0. The molecule has 25 heavy (non-hydrogen) atoms. The summed E-state index contributed by atoms with van der Waals surface area (Å²) < 4.78 is 1.91. The predicted molar refractivity (Wildman–Crippen MR) is 101 cm³/mol. The molecule has 0 saturated carbocycles. The molecule has 5 rings (SSSR count). The van der Waals surface area contributed by atoms with Gasteiger partial charge in [-0.2, -0.15) is 10.2 Å². The second-order valence-electron chi connectivity index (χ2n) is 5.61. The normalized spacial score (nSPS) is 13.7. The molecule has 4 heterocycles. The van der Waals surface area contributed by atoms with Gasteiger partial charge >= 0.3 is 0 Å². The first kappa shape index (κ1) is 14.6. The minimum Gasteiger partial charge on any atom is -0.235 e. The number of hydrogen-bond donors (Lipinski definition) is 0. The number of thiazole rings is 2. The Balaban J connectivity index is 1.74. The van der Waals surface area contributed by atoms with Crippen LogP contribution in [-0.4, -0.2) is 26.9 Å². The lowest BCUT2D eigenvalue weighted by Gasteiger charge is -2.00. The van der Waals surface area contributed by atoms with Crippen molar-refractivity contribution in [2.45, 2.75) is 6.92 Å². The first-order valence-electron chi connectivity index (χ1n) is 7.74. The van der Waals surface area contributed by atoms with Gasteiger partial charge in [0.2, 0.25) is 0 Å². The number of rotatable bonds is 3. The van der Waals surface area contributed by atoms with E-state index in [2.05, 4.69) is 32.7 Å². The molecule has 0 N–H and O–H groups in total. The van der Waals surface area contributed by atoms with E-state index in [1.807, 2.05) is 41.2 Å². The lowest BCUT2D eigenvalue weighted by molar-refractivity contribution is 0.948. The average Bonchev–Trinajstić information content (AvgIpc) is 3.39. The summed E-state index contributed by atoms with van der Waals surface area (Å²) in [4.78, 5) is 7.11. The van der Waals surface area contributed by atoms with Crippen molar-refractivity contribution in [3.63, 3.8) is 0 Å². The molecule has 0 spiro atoms. The Morgan fingerprint density at radius 3 is 2.84 bits per heavy atom. The third kappa shape index (κ3) is 2.33. The Labute approximate surface area is 151 Å². The Bertz CT molecular complexity index is 1130. The topological polar surface area (TPSA) is 67.3 Å². The van der Waals surface area contributed by atoms with Crippen LogP contribution in [-0.2, 0) is 0 Å². The standard InChI is InChI=1S/C17H12N6S2/c1-10-13(17-23(21-10)7-8-24-17)16-19-14(11-5-3-2-4-6-11)15(25-16)12-9-18-22-20-12/h2-8H,9H2,1H3. The summed E-state index contributed by atoms with van der Waals surface area (Å²) in [6.07, 6.45) is 1.97. The van der Waals surface area contributed by atoms with Crippen LogP contribution < -0.4 is 0 Å². The predicted octanol–water partition coefficient (Wildman–Crippen LogP) is 4.66. The van der Waals surface area contributed by atoms with E-state index < -0.39 is 0 Å². The van der Waals surface area contributed by atoms with E-state index in [0.717, 1.165) is 42.9 Å². The highest BCUT2D eigenvalue weighted by molar-refractivity contribution is 7.19. The molecule has 1 aromatic carbocycles. The van der Waals surface area contributed by atoms with Crippen molar-refractivity contribution in [1.29, 1.82) is 0 Å². The third-order valence-corrected chi connectivity index (χ3v) is 6.02. The molecule has 0 unspecified atom stereocenters. The van der Waals surface area contributed by atoms with E-state index in [-0.39, 0.29) is 0 Å². The summed E-state index contributed by atoms with van der Waals surface area (Å²) in [6.45, 7) is 2.53. The molecule has 0 amide bonds. The molecule has 6 nitrogen and oxygen atoms in total. The molecule has 0 atom stereocenters. The van der Waals surface area contributed by atoms with Crippen LogP contribution in [0.3, 0.4) is 0 Å². The summed E-state index contributed by atoms with van der Waals surface area (Å²) in [5.41, 5.74) is 4.95. The van der Waals surface area contributed by atoms with Crippen LogP contribution in [0, 0.1) is 6.92 Å². The molecule has 1 aliphatic rings. The molecule has 1 aliphatic heterocycles. The van der Waals surface area contributed by atoms with Gasteiger partial charge in [-0.05, 0) is 12.1 Å². The molecule has 0 aliphatic carbocycles. The summed E-state index contributed by atoms with van der Waals surface area (Å²) in [6, 6.07) is 10.2. The van der Waals surface area contributed by atoms with Gasteiger partial charge in [-0.1, -0.05) is 30.3 Å². The molecule has 0 radical (unpaired) electrons. The van der Waals surface area contributed by atoms with Crippen molar-refractivity contribution in [3.05, 3.63) is 52.5 Å². The number of aromatic nitrogens is 3. The molecular formula is C17H12N6S2. The van der Waals surface area contributed by atoms with Crippen molar-refractivity contribution in [1.82, 2.24) is 14.6 Å². The van der Waals surface area contributed by atoms with Crippen LogP contribution in [0.1, 0.15) is 10.6 Å². The number of fused-ring (bicyclic) bond motifs is 1. The average molecular weight is 364 g/mol. The zero-order valence-electron chi connectivity index (χ0n) is 13.2. The van der Waals surface area contributed by atoms with Crippen molar-refractivity contribution in [2.75, 3.05) is 6.54 Å². The number of hydrogen-bond acceptors (Lipinski definition) is 7. The minimum atomic E-state index is 0.503. The molecule has 4 aromatic rings. The summed E-state index contributed by atoms with van der Waals surface area (Å²) >= 11 is 3.31. The van der Waals surface area contributed by atoms with E-state index in [1.165, 1.54) is 0 Å². The first-order chi connectivity index (χ1) is 12.3. The van der Waals surface area contributed by atoms with Crippen molar-refractivity contribution in [2.24, 2.45) is 15.4 Å². The van der Waals surface area contributed by atoms with Gasteiger partial charge in [0.25, 0.3) is 0 Å². The minimum absolute atomic E-state index is 0.503. The van der Waals surface area contributed by atoms with E-state index in [0.29, 0.717) is 6.54 Å². The van der Waals surface area contributed by atoms with Gasteiger partial charge in [0.05, 0.1) is 21.8 Å². The number of benzene rings is 1. The van der Waals surface area contributed by atoms with E-state index in [9.17, 15) is 0 Å². The van der Waals surface area contributed by atoms with Gasteiger partial charge in [0.1, 0.15) is 22.1 Å². The maximum atomic E-state index is 4.97. The monoisotopic (exact) mass is 364 g/mol. The molecule has 8 heteroatoms.